The van der Waals surface area contributed by atoms with Crippen molar-refractivity contribution in [1.82, 2.24) is 15.1 Å². The van der Waals surface area contributed by atoms with Gasteiger partial charge < -0.3 is 25.6 Å². The van der Waals surface area contributed by atoms with Gasteiger partial charge in [0.1, 0.15) is 23.9 Å². The summed E-state index contributed by atoms with van der Waals surface area (Å²) in [4.78, 5) is 54.4. The summed E-state index contributed by atoms with van der Waals surface area (Å²) in [5.74, 6) is -2.37. The van der Waals surface area contributed by atoms with E-state index >= 15 is 0 Å². The molecular formula is C27H34F4N4O5. The zero-order valence-corrected chi connectivity index (χ0v) is 22.5. The number of rotatable bonds is 5. The summed E-state index contributed by atoms with van der Waals surface area (Å²) in [5, 5.41) is 2.62. The molecule has 3 heterocycles. The first kappa shape index (κ1) is 29.6. The number of alkyl halides is 4. The van der Waals surface area contributed by atoms with Crippen molar-refractivity contribution in [3.63, 3.8) is 0 Å². The fraction of sp³-hybridized carbons (Fsp3) is 0.630. The maximum Gasteiger partial charge on any atom is 0.416 e. The number of benzene rings is 1. The molecule has 0 spiro atoms. The van der Waals surface area contributed by atoms with Crippen LogP contribution in [0.15, 0.2) is 24.3 Å². The Morgan fingerprint density at radius 3 is 2.08 bits per heavy atom. The molecule has 2 bridgehead atoms. The van der Waals surface area contributed by atoms with Crippen LogP contribution >= 0.6 is 0 Å². The molecule has 3 saturated heterocycles. The maximum atomic E-state index is 14.2. The minimum Gasteiger partial charge on any atom is -0.444 e. The third-order valence-electron chi connectivity index (χ3n) is 7.73. The highest BCUT2D eigenvalue weighted by molar-refractivity contribution is 5.95. The maximum absolute atomic E-state index is 14.2. The van der Waals surface area contributed by atoms with E-state index in [1.807, 2.05) is 0 Å². The number of alkyl carbamates (subject to hydrolysis) is 1. The van der Waals surface area contributed by atoms with Gasteiger partial charge in [0.15, 0.2) is 0 Å². The van der Waals surface area contributed by atoms with Crippen molar-refractivity contribution in [2.75, 3.05) is 6.54 Å². The van der Waals surface area contributed by atoms with Gasteiger partial charge in [0.25, 0.3) is 5.91 Å². The van der Waals surface area contributed by atoms with Crippen LogP contribution in [0, 0.1) is 5.92 Å². The molecule has 1 aromatic rings. The Morgan fingerprint density at radius 1 is 1.00 bits per heavy atom. The molecule has 3 aliphatic heterocycles. The molecule has 220 valence electrons. The van der Waals surface area contributed by atoms with Gasteiger partial charge in [0.05, 0.1) is 12.1 Å². The number of fused-ring (bicyclic) bond motifs is 2. The summed E-state index contributed by atoms with van der Waals surface area (Å²) >= 11 is 0. The highest BCUT2D eigenvalue weighted by Crippen LogP contribution is 2.42. The second-order valence-corrected chi connectivity index (χ2v) is 11.8. The molecule has 5 atom stereocenters. The van der Waals surface area contributed by atoms with Crippen LogP contribution in [-0.4, -0.2) is 76.1 Å². The van der Waals surface area contributed by atoms with Crippen molar-refractivity contribution in [3.05, 3.63) is 35.4 Å². The summed E-state index contributed by atoms with van der Waals surface area (Å²) in [6.07, 6.45) is -5.21. The third kappa shape index (κ3) is 6.33. The molecule has 3 N–H and O–H groups in total. The van der Waals surface area contributed by atoms with E-state index < -0.39 is 65.3 Å². The molecule has 0 saturated carbocycles. The van der Waals surface area contributed by atoms with E-state index in [-0.39, 0.29) is 30.6 Å². The third-order valence-corrected chi connectivity index (χ3v) is 7.73. The Bertz CT molecular complexity index is 1140. The summed E-state index contributed by atoms with van der Waals surface area (Å²) in [6, 6.07) is 1.07. The van der Waals surface area contributed by atoms with Crippen LogP contribution in [0.4, 0.5) is 22.4 Å². The summed E-state index contributed by atoms with van der Waals surface area (Å²) < 4.78 is 58.5. The van der Waals surface area contributed by atoms with E-state index in [9.17, 15) is 36.7 Å². The first-order valence-electron chi connectivity index (χ1n) is 13.3. The quantitative estimate of drug-likeness (QED) is 0.526. The predicted octanol–water partition coefficient (Wildman–Crippen LogP) is 3.41. The number of nitrogens with two attached hydrogens (primary N) is 1. The van der Waals surface area contributed by atoms with Gasteiger partial charge in [-0.3, -0.25) is 14.4 Å². The van der Waals surface area contributed by atoms with Crippen LogP contribution in [0.1, 0.15) is 68.8 Å². The molecule has 3 aliphatic rings. The minimum absolute atomic E-state index is 0.123. The number of hydrogen-bond acceptors (Lipinski definition) is 5. The Hall–Kier alpha value is -3.38. The van der Waals surface area contributed by atoms with Gasteiger partial charge in [0, 0.05) is 24.1 Å². The second kappa shape index (κ2) is 10.9. The van der Waals surface area contributed by atoms with Crippen molar-refractivity contribution < 1.29 is 41.5 Å². The lowest BCUT2D eigenvalue weighted by Crippen LogP contribution is -2.59. The molecule has 0 radical (unpaired) electrons. The minimum atomic E-state index is -4.52. The average Bonchev–Trinajstić information content (AvgIpc) is 3.36. The largest absolute Gasteiger partial charge is 0.444 e. The number of hydrogen-bond donors (Lipinski definition) is 2. The molecule has 40 heavy (non-hydrogen) atoms. The fourth-order valence-corrected chi connectivity index (χ4v) is 6.07. The van der Waals surface area contributed by atoms with Gasteiger partial charge in [-0.05, 0) is 76.6 Å². The lowest BCUT2D eigenvalue weighted by atomic mass is 9.83. The first-order chi connectivity index (χ1) is 18.5. The van der Waals surface area contributed by atoms with E-state index in [2.05, 4.69) is 5.32 Å². The standard InChI is InChI=1S/C27H34F4N4O5/c1-26(2,3)40-25(39)33-21(24(38)34-13-17(28)12-20(34)22(32)36)15-10-18-8-9-19(11-15)35(18)23(37)14-4-6-16(7-5-14)27(29,30)31/h4-7,15,17-21H,8-13H2,1-3H3,(H2,32,36)(H,33,39)/t15?,17-,18?,19?,20-,21-/m0/s1. The number of carbonyl (C=O) groups excluding carboxylic acids is 4. The molecular weight excluding hydrogens is 536 g/mol. The highest BCUT2D eigenvalue weighted by atomic mass is 19.4. The number of amides is 4. The number of ether oxygens (including phenoxy) is 1. The number of nitrogens with zero attached hydrogens (tertiary/aromatic N) is 2. The number of likely N-dealkylation sites (tertiary alicyclic amines) is 1. The zero-order valence-electron chi connectivity index (χ0n) is 22.5. The molecule has 13 heteroatoms. The molecule has 2 unspecified atom stereocenters. The van der Waals surface area contributed by atoms with Gasteiger partial charge in [0.2, 0.25) is 11.8 Å². The molecule has 4 rings (SSSR count). The molecule has 1 aromatic carbocycles. The summed E-state index contributed by atoms with van der Waals surface area (Å²) in [6.45, 7) is 4.64. The molecule has 4 amide bonds. The molecule has 9 nitrogen and oxygen atoms in total. The lowest BCUT2D eigenvalue weighted by Gasteiger charge is -2.42. The summed E-state index contributed by atoms with van der Waals surface area (Å²) in [5.41, 5.74) is 3.84. The van der Waals surface area contributed by atoms with Crippen molar-refractivity contribution in [3.8, 4) is 0 Å². The van der Waals surface area contributed by atoms with E-state index in [1.54, 1.807) is 25.7 Å². The summed E-state index contributed by atoms with van der Waals surface area (Å²) in [7, 11) is 0. The van der Waals surface area contributed by atoms with Gasteiger partial charge >= 0.3 is 12.3 Å². The van der Waals surface area contributed by atoms with Crippen molar-refractivity contribution in [2.45, 2.75) is 95.0 Å². The molecule has 0 aromatic heterocycles. The van der Waals surface area contributed by atoms with Crippen LogP contribution in [-0.2, 0) is 20.5 Å². The Balaban J connectivity index is 1.55. The van der Waals surface area contributed by atoms with Crippen molar-refractivity contribution in [2.24, 2.45) is 11.7 Å². The topological polar surface area (TPSA) is 122 Å². The van der Waals surface area contributed by atoms with E-state index in [0.29, 0.717) is 25.7 Å². The SMILES string of the molecule is CC(C)(C)OC(=O)N[C@H](C(=O)N1C[C@@H](F)C[C@H]1C(N)=O)C1CC2CCC(C1)N2C(=O)c1ccc(C(F)(F)F)cc1. The van der Waals surface area contributed by atoms with E-state index in [4.69, 9.17) is 10.5 Å². The van der Waals surface area contributed by atoms with Gasteiger partial charge in [-0.1, -0.05) is 0 Å². The van der Waals surface area contributed by atoms with Gasteiger partial charge in [-0.25, -0.2) is 9.18 Å². The predicted molar refractivity (Wildman–Crippen MR) is 135 cm³/mol. The Labute approximate surface area is 229 Å². The van der Waals surface area contributed by atoms with E-state index in [1.165, 1.54) is 0 Å². The monoisotopic (exact) mass is 570 g/mol. The van der Waals surface area contributed by atoms with Crippen molar-refractivity contribution in [1.29, 1.82) is 0 Å². The number of primary amides is 1. The number of nitrogens with one attached hydrogen (secondary N) is 1. The normalized spacial score (nSPS) is 27.3. The van der Waals surface area contributed by atoms with E-state index in [0.717, 1.165) is 29.2 Å². The Morgan fingerprint density at radius 2 is 1.57 bits per heavy atom. The van der Waals surface area contributed by atoms with Crippen LogP contribution in [0.5, 0.6) is 0 Å². The Kier molecular flexibility index (Phi) is 8.06. The van der Waals surface area contributed by atoms with Crippen LogP contribution in [0.3, 0.4) is 0 Å². The number of halogens is 4. The first-order valence-corrected chi connectivity index (χ1v) is 13.3. The van der Waals surface area contributed by atoms with Gasteiger partial charge in [-0.2, -0.15) is 13.2 Å². The van der Waals surface area contributed by atoms with Crippen LogP contribution in [0.2, 0.25) is 0 Å². The average molecular weight is 571 g/mol. The fourth-order valence-electron chi connectivity index (χ4n) is 6.07. The van der Waals surface area contributed by atoms with Crippen LogP contribution in [0.25, 0.3) is 0 Å². The van der Waals surface area contributed by atoms with Crippen LogP contribution < -0.4 is 11.1 Å². The van der Waals surface area contributed by atoms with Gasteiger partial charge in [-0.15, -0.1) is 0 Å². The van der Waals surface area contributed by atoms with Crippen molar-refractivity contribution >= 4 is 23.8 Å². The zero-order chi connectivity index (χ0) is 29.6. The molecule has 0 aliphatic carbocycles. The number of piperidine rings is 1. The second-order valence-electron chi connectivity index (χ2n) is 11.8. The lowest BCUT2D eigenvalue weighted by molar-refractivity contribution is -0.140. The highest BCUT2D eigenvalue weighted by Gasteiger charge is 2.50. The number of carbonyl (C=O) groups is 4. The smallest absolute Gasteiger partial charge is 0.416 e. The molecule has 3 fully saturated rings.